The molecule has 0 N–H and O–H groups in total. The van der Waals surface area contributed by atoms with Crippen LogP contribution in [-0.2, 0) is 19.1 Å². The second-order valence-corrected chi connectivity index (χ2v) is 10.8. The van der Waals surface area contributed by atoms with Crippen LogP contribution in [0.15, 0.2) is 12.2 Å². The van der Waals surface area contributed by atoms with E-state index in [9.17, 15) is 9.59 Å². The molecule has 4 bridgehead atoms. The monoisotopic (exact) mass is 376 g/mol. The molecule has 152 valence electrons. The highest BCUT2D eigenvalue weighted by molar-refractivity contribution is 5.87. The quantitative estimate of drug-likeness (QED) is 0.452. The van der Waals surface area contributed by atoms with Gasteiger partial charge in [-0.15, -0.1) is 0 Å². The number of hydrogen-bond acceptors (Lipinski definition) is 4. The summed E-state index contributed by atoms with van der Waals surface area (Å²) in [7, 11) is 0. The first-order valence-corrected chi connectivity index (χ1v) is 10.5. The third kappa shape index (κ3) is 4.57. The molecule has 4 fully saturated rings. The third-order valence-electron chi connectivity index (χ3n) is 6.89. The number of carbonyl (C=O) groups is 2. The zero-order valence-corrected chi connectivity index (χ0v) is 17.7. The summed E-state index contributed by atoms with van der Waals surface area (Å²) in [6.45, 7) is 13.0. The lowest BCUT2D eigenvalue weighted by Crippen LogP contribution is -2.52. The van der Waals surface area contributed by atoms with Gasteiger partial charge in [-0.3, -0.25) is 4.79 Å². The molecule has 0 spiro atoms. The Morgan fingerprint density at radius 2 is 1.30 bits per heavy atom. The largest absolute Gasteiger partial charge is 0.459 e. The van der Waals surface area contributed by atoms with Crippen LogP contribution in [0.1, 0.15) is 86.0 Å². The lowest BCUT2D eigenvalue weighted by Gasteiger charge is -2.55. The number of hydrogen-bond donors (Lipinski definition) is 0. The van der Waals surface area contributed by atoms with E-state index in [1.807, 2.05) is 27.7 Å². The smallest absolute Gasteiger partial charge is 0.333 e. The Morgan fingerprint density at radius 1 is 0.889 bits per heavy atom. The first kappa shape index (κ1) is 20.4. The zero-order valence-electron chi connectivity index (χ0n) is 17.7. The molecule has 0 radical (unpaired) electrons. The van der Waals surface area contributed by atoms with E-state index in [1.54, 1.807) is 6.92 Å². The van der Waals surface area contributed by atoms with Crippen molar-refractivity contribution in [3.05, 3.63) is 12.2 Å². The first-order chi connectivity index (χ1) is 12.4. The van der Waals surface area contributed by atoms with Crippen molar-refractivity contribution in [2.45, 2.75) is 97.2 Å². The van der Waals surface area contributed by atoms with Crippen LogP contribution < -0.4 is 0 Å². The molecule has 4 saturated carbocycles. The normalized spacial score (nSPS) is 32.3. The summed E-state index contributed by atoms with van der Waals surface area (Å²) in [5, 5.41) is 0. The minimum Gasteiger partial charge on any atom is -0.459 e. The van der Waals surface area contributed by atoms with E-state index in [1.165, 1.54) is 19.3 Å². The Morgan fingerprint density at radius 3 is 1.70 bits per heavy atom. The highest BCUT2D eigenvalue weighted by Gasteiger charge is 2.56. The van der Waals surface area contributed by atoms with E-state index in [0.29, 0.717) is 18.4 Å². The van der Waals surface area contributed by atoms with Gasteiger partial charge in [0.2, 0.25) is 0 Å². The van der Waals surface area contributed by atoms with Crippen LogP contribution in [-0.4, -0.2) is 23.1 Å². The van der Waals surface area contributed by atoms with E-state index in [0.717, 1.165) is 37.0 Å². The molecule has 0 atom stereocenters. The Balaban J connectivity index is 1.57. The third-order valence-corrected chi connectivity index (χ3v) is 6.89. The Hall–Kier alpha value is -1.32. The van der Waals surface area contributed by atoms with Crippen molar-refractivity contribution in [2.24, 2.45) is 23.2 Å². The van der Waals surface area contributed by atoms with Gasteiger partial charge < -0.3 is 9.47 Å². The van der Waals surface area contributed by atoms with Crippen molar-refractivity contribution in [2.75, 3.05) is 0 Å². The maximum atomic E-state index is 13.2. The predicted molar refractivity (Wildman–Crippen MR) is 105 cm³/mol. The van der Waals surface area contributed by atoms with E-state index >= 15 is 0 Å². The Labute approximate surface area is 164 Å². The number of esters is 2. The summed E-state index contributed by atoms with van der Waals surface area (Å²) in [6, 6.07) is 0. The fraction of sp³-hybridized carbons (Fsp3) is 0.826. The van der Waals surface area contributed by atoms with Crippen molar-refractivity contribution in [1.82, 2.24) is 0 Å². The van der Waals surface area contributed by atoms with Gasteiger partial charge >= 0.3 is 11.9 Å². The molecular weight excluding hydrogens is 340 g/mol. The maximum absolute atomic E-state index is 13.2. The molecule has 4 nitrogen and oxygen atoms in total. The van der Waals surface area contributed by atoms with Crippen molar-refractivity contribution in [3.63, 3.8) is 0 Å². The summed E-state index contributed by atoms with van der Waals surface area (Å²) in [4.78, 5) is 25.0. The lowest BCUT2D eigenvalue weighted by molar-refractivity contribution is -0.186. The summed E-state index contributed by atoms with van der Waals surface area (Å²) in [6.07, 6.45) is 8.31. The van der Waals surface area contributed by atoms with Crippen LogP contribution in [0.2, 0.25) is 0 Å². The molecule has 0 saturated heterocycles. The van der Waals surface area contributed by atoms with Gasteiger partial charge in [0, 0.05) is 5.57 Å². The van der Waals surface area contributed by atoms with Crippen molar-refractivity contribution in [1.29, 1.82) is 0 Å². The summed E-state index contributed by atoms with van der Waals surface area (Å²) < 4.78 is 11.6. The topological polar surface area (TPSA) is 52.6 Å². The standard InChI is InChI=1S/C23H36O4/c1-15(2)19(24)26-21(3,4)7-8-22(5,6)27-20(25)23-12-16-9-17(13-23)11-18(10-16)14-23/h16-18H,1,7-14H2,2-6H3. The highest BCUT2D eigenvalue weighted by atomic mass is 16.6. The zero-order chi connectivity index (χ0) is 20.0. The van der Waals surface area contributed by atoms with Crippen LogP contribution in [0.5, 0.6) is 0 Å². The minimum atomic E-state index is -0.611. The molecule has 4 rings (SSSR count). The van der Waals surface area contributed by atoms with E-state index in [4.69, 9.17) is 9.47 Å². The van der Waals surface area contributed by atoms with Gasteiger partial charge in [0.1, 0.15) is 11.2 Å². The molecule has 0 unspecified atom stereocenters. The van der Waals surface area contributed by atoms with Gasteiger partial charge in [0.25, 0.3) is 0 Å². The van der Waals surface area contributed by atoms with Crippen molar-refractivity contribution in [3.8, 4) is 0 Å². The van der Waals surface area contributed by atoms with Crippen LogP contribution in [0, 0.1) is 23.2 Å². The van der Waals surface area contributed by atoms with E-state index < -0.39 is 11.2 Å². The molecule has 0 aromatic carbocycles. The first-order valence-electron chi connectivity index (χ1n) is 10.5. The molecular formula is C23H36O4. The number of carbonyl (C=O) groups excluding carboxylic acids is 2. The highest BCUT2D eigenvalue weighted by Crippen LogP contribution is 2.60. The SMILES string of the molecule is C=C(C)C(=O)OC(C)(C)CCC(C)(C)OC(=O)C12CC3CC(CC(C3)C1)C2. The predicted octanol–water partition coefficient (Wildman–Crippen LogP) is 5.20. The van der Waals surface area contributed by atoms with Gasteiger partial charge in [0.15, 0.2) is 0 Å². The van der Waals surface area contributed by atoms with E-state index in [-0.39, 0.29) is 17.4 Å². The van der Waals surface area contributed by atoms with Crippen LogP contribution in [0.4, 0.5) is 0 Å². The molecule has 0 aliphatic heterocycles. The van der Waals surface area contributed by atoms with Crippen LogP contribution >= 0.6 is 0 Å². The molecule has 4 aliphatic carbocycles. The summed E-state index contributed by atoms with van der Waals surface area (Å²) in [5.74, 6) is 1.83. The molecule has 0 amide bonds. The minimum absolute atomic E-state index is 0.0170. The summed E-state index contributed by atoms with van der Waals surface area (Å²) in [5.41, 5.74) is -1.00. The molecule has 0 aromatic heterocycles. The fourth-order valence-electron chi connectivity index (χ4n) is 5.76. The molecule has 0 aromatic rings. The van der Waals surface area contributed by atoms with Gasteiger partial charge in [-0.05, 0) is 104 Å². The fourth-order valence-corrected chi connectivity index (χ4v) is 5.76. The number of rotatable bonds is 7. The Bertz CT molecular complexity index is 593. The number of ether oxygens (including phenoxy) is 2. The van der Waals surface area contributed by atoms with Gasteiger partial charge in [-0.25, -0.2) is 4.79 Å². The maximum Gasteiger partial charge on any atom is 0.333 e. The van der Waals surface area contributed by atoms with Crippen molar-refractivity contribution < 1.29 is 19.1 Å². The summed E-state index contributed by atoms with van der Waals surface area (Å²) >= 11 is 0. The van der Waals surface area contributed by atoms with Gasteiger partial charge in [0.05, 0.1) is 5.41 Å². The van der Waals surface area contributed by atoms with Crippen LogP contribution in [0.25, 0.3) is 0 Å². The second kappa shape index (κ2) is 6.93. The second-order valence-electron chi connectivity index (χ2n) is 10.8. The average Bonchev–Trinajstić information content (AvgIpc) is 2.51. The van der Waals surface area contributed by atoms with E-state index in [2.05, 4.69) is 6.58 Å². The molecule has 4 heteroatoms. The lowest BCUT2D eigenvalue weighted by atomic mass is 9.49. The van der Waals surface area contributed by atoms with Gasteiger partial charge in [-0.1, -0.05) is 6.58 Å². The molecule has 0 heterocycles. The van der Waals surface area contributed by atoms with Gasteiger partial charge in [-0.2, -0.15) is 0 Å². The molecule has 4 aliphatic rings. The van der Waals surface area contributed by atoms with Crippen molar-refractivity contribution >= 4 is 11.9 Å². The average molecular weight is 377 g/mol. The Kier molecular flexibility index (Phi) is 5.24. The van der Waals surface area contributed by atoms with Crippen LogP contribution in [0.3, 0.4) is 0 Å². The molecule has 27 heavy (non-hydrogen) atoms.